The van der Waals surface area contributed by atoms with Gasteiger partial charge in [0.1, 0.15) is 0 Å². The van der Waals surface area contributed by atoms with Crippen LogP contribution in [0, 0.1) is 5.92 Å². The molecule has 1 fully saturated rings. The molecule has 176 valence electrons. The number of rotatable bonds is 4. The van der Waals surface area contributed by atoms with Crippen molar-refractivity contribution in [3.8, 4) is 0 Å². The van der Waals surface area contributed by atoms with Gasteiger partial charge >= 0.3 is 6.18 Å². The van der Waals surface area contributed by atoms with Crippen LogP contribution in [0.3, 0.4) is 0 Å². The average molecular weight is 483 g/mol. The fourth-order valence-corrected chi connectivity index (χ4v) is 4.86. The van der Waals surface area contributed by atoms with Gasteiger partial charge < -0.3 is 10.2 Å². The first-order valence-electron chi connectivity index (χ1n) is 10.8. The smallest absolute Gasteiger partial charge is 0.349 e. The fraction of sp³-hybridized carbons (Fsp3) is 0.417. The fourth-order valence-electron chi connectivity index (χ4n) is 4.65. The molecule has 1 unspecified atom stereocenters. The Hall–Kier alpha value is -2.61. The van der Waals surface area contributed by atoms with Crippen molar-refractivity contribution < 1.29 is 27.2 Å². The lowest BCUT2D eigenvalue weighted by molar-refractivity contribution is -0.137. The number of halogens is 5. The molecular weight excluding hydrogens is 460 g/mol. The molecule has 4 nitrogen and oxygen atoms in total. The van der Waals surface area contributed by atoms with Crippen molar-refractivity contribution in [3.05, 3.63) is 64.2 Å². The average Bonchev–Trinajstić information content (AvgIpc) is 2.95. The summed E-state index contributed by atoms with van der Waals surface area (Å²) in [5, 5.41) is 2.73. The lowest BCUT2D eigenvalue weighted by Gasteiger charge is -2.32. The van der Waals surface area contributed by atoms with Crippen molar-refractivity contribution in [1.29, 1.82) is 0 Å². The first-order valence-corrected chi connectivity index (χ1v) is 11.1. The second-order valence-corrected chi connectivity index (χ2v) is 9.23. The summed E-state index contributed by atoms with van der Waals surface area (Å²) in [5.74, 6) is -1.09. The molecule has 2 aliphatic rings. The minimum atomic E-state index is -4.57. The third-order valence-corrected chi connectivity index (χ3v) is 6.84. The maximum absolute atomic E-state index is 15.0. The van der Waals surface area contributed by atoms with Gasteiger partial charge in [0, 0.05) is 18.2 Å². The molecule has 1 saturated carbocycles. The Morgan fingerprint density at radius 2 is 1.82 bits per heavy atom. The number of amides is 2. The molecule has 9 heteroatoms. The predicted molar refractivity (Wildman–Crippen MR) is 117 cm³/mol. The maximum Gasteiger partial charge on any atom is 0.416 e. The number of benzene rings is 2. The van der Waals surface area contributed by atoms with Crippen LogP contribution in [-0.4, -0.2) is 24.4 Å². The van der Waals surface area contributed by atoms with Crippen LogP contribution in [-0.2, 0) is 16.6 Å². The highest BCUT2D eigenvalue weighted by atomic mass is 35.5. The van der Waals surface area contributed by atoms with Gasteiger partial charge in [0.15, 0.2) is 0 Å². The van der Waals surface area contributed by atoms with E-state index in [2.05, 4.69) is 5.32 Å². The van der Waals surface area contributed by atoms with Crippen molar-refractivity contribution >= 4 is 29.1 Å². The third-order valence-electron chi connectivity index (χ3n) is 6.51. The van der Waals surface area contributed by atoms with Crippen LogP contribution >= 0.6 is 11.6 Å². The Morgan fingerprint density at radius 3 is 2.48 bits per heavy atom. The number of alkyl halides is 4. The third kappa shape index (κ3) is 4.58. The van der Waals surface area contributed by atoms with Gasteiger partial charge in [-0.25, -0.2) is 4.39 Å². The van der Waals surface area contributed by atoms with Gasteiger partial charge in [0.2, 0.25) is 5.67 Å². The molecular formula is C24H23ClF4N2O2. The molecule has 0 saturated heterocycles. The quantitative estimate of drug-likeness (QED) is 0.553. The summed E-state index contributed by atoms with van der Waals surface area (Å²) in [4.78, 5) is 26.7. The van der Waals surface area contributed by atoms with Crippen molar-refractivity contribution in [1.82, 2.24) is 5.32 Å². The van der Waals surface area contributed by atoms with E-state index in [0.29, 0.717) is 43.5 Å². The predicted octanol–water partition coefficient (Wildman–Crippen LogP) is 5.88. The van der Waals surface area contributed by atoms with Gasteiger partial charge in [-0.15, -0.1) is 0 Å². The largest absolute Gasteiger partial charge is 0.416 e. The van der Waals surface area contributed by atoms with E-state index in [-0.39, 0.29) is 22.5 Å². The molecule has 0 bridgehead atoms. The van der Waals surface area contributed by atoms with E-state index >= 15 is 0 Å². The first-order chi connectivity index (χ1) is 15.5. The molecule has 0 aromatic heterocycles. The normalized spacial score (nSPS) is 25.2. The van der Waals surface area contributed by atoms with E-state index in [9.17, 15) is 27.2 Å². The van der Waals surface area contributed by atoms with Crippen LogP contribution in [0.15, 0.2) is 42.5 Å². The monoisotopic (exact) mass is 482 g/mol. The van der Waals surface area contributed by atoms with Gasteiger partial charge in [-0.05, 0) is 62.8 Å². The Morgan fingerprint density at radius 1 is 1.15 bits per heavy atom. The lowest BCUT2D eigenvalue weighted by Crippen LogP contribution is -2.42. The summed E-state index contributed by atoms with van der Waals surface area (Å²) in [5.41, 5.74) is -2.24. The van der Waals surface area contributed by atoms with Gasteiger partial charge in [-0.2, -0.15) is 13.2 Å². The molecule has 1 atom stereocenters. The molecule has 4 rings (SSSR count). The number of carbonyl (C=O) groups is 2. The minimum Gasteiger partial charge on any atom is -0.349 e. The van der Waals surface area contributed by atoms with Crippen molar-refractivity contribution in [2.45, 2.75) is 50.5 Å². The molecule has 2 amide bonds. The number of hydrogen-bond donors (Lipinski definition) is 1. The zero-order valence-corrected chi connectivity index (χ0v) is 18.6. The zero-order chi connectivity index (χ0) is 24.0. The van der Waals surface area contributed by atoms with Crippen LogP contribution in [0.1, 0.15) is 54.1 Å². The number of para-hydroxylation sites is 1. The molecule has 2 aromatic carbocycles. The second kappa shape index (κ2) is 8.63. The molecule has 0 spiro atoms. The van der Waals surface area contributed by atoms with Crippen molar-refractivity contribution in [3.63, 3.8) is 0 Å². The summed E-state index contributed by atoms with van der Waals surface area (Å²) < 4.78 is 53.9. The van der Waals surface area contributed by atoms with Crippen LogP contribution in [0.2, 0.25) is 5.02 Å². The van der Waals surface area contributed by atoms with E-state index in [1.165, 1.54) is 11.8 Å². The Balaban J connectivity index is 1.37. The number of anilines is 1. The van der Waals surface area contributed by atoms with E-state index in [4.69, 9.17) is 11.6 Å². The lowest BCUT2D eigenvalue weighted by atomic mass is 9.85. The Labute approximate surface area is 193 Å². The highest BCUT2D eigenvalue weighted by molar-refractivity contribution is 6.33. The van der Waals surface area contributed by atoms with E-state index in [1.54, 1.807) is 24.3 Å². The zero-order valence-electron chi connectivity index (χ0n) is 17.9. The van der Waals surface area contributed by atoms with Crippen LogP contribution in [0.5, 0.6) is 0 Å². The highest BCUT2D eigenvalue weighted by Crippen LogP contribution is 2.43. The highest BCUT2D eigenvalue weighted by Gasteiger charge is 2.48. The topological polar surface area (TPSA) is 49.4 Å². The van der Waals surface area contributed by atoms with Crippen LogP contribution in [0.4, 0.5) is 23.2 Å². The molecule has 1 N–H and O–H groups in total. The number of nitrogens with zero attached hydrogens (tertiary/aromatic N) is 1. The van der Waals surface area contributed by atoms with Gasteiger partial charge in [-0.3, -0.25) is 9.59 Å². The molecule has 1 heterocycles. The van der Waals surface area contributed by atoms with Gasteiger partial charge in [0.25, 0.3) is 11.8 Å². The summed E-state index contributed by atoms with van der Waals surface area (Å²) in [7, 11) is 0. The first kappa shape index (κ1) is 23.5. The molecule has 0 radical (unpaired) electrons. The van der Waals surface area contributed by atoms with Crippen molar-refractivity contribution in [2.75, 3.05) is 11.4 Å². The second-order valence-electron chi connectivity index (χ2n) is 8.82. The summed E-state index contributed by atoms with van der Waals surface area (Å²) in [6, 6.07) is 9.29. The van der Waals surface area contributed by atoms with Crippen molar-refractivity contribution in [2.24, 2.45) is 5.92 Å². The molecule has 2 aromatic rings. The van der Waals surface area contributed by atoms with Gasteiger partial charge in [-0.1, -0.05) is 29.8 Å². The van der Waals surface area contributed by atoms with E-state index in [1.807, 2.05) is 0 Å². The standard InChI is InChI=1S/C24H23ClF4N2O2/c1-23(26)18-4-2-3-5-20(18)31(22(23)33)13-14-6-9-16(10-7-14)30-21(32)17-12-15(24(27,28)29)8-11-19(17)25/h2-5,8,11-12,14,16H,6-7,9-10,13H2,1H3,(H,30,32). The summed E-state index contributed by atoms with van der Waals surface area (Å²) >= 11 is 5.96. The van der Waals surface area contributed by atoms with E-state index < -0.39 is 29.2 Å². The minimum absolute atomic E-state index is 0.0466. The number of hydrogen-bond acceptors (Lipinski definition) is 2. The number of fused-ring (bicyclic) bond motifs is 1. The van der Waals surface area contributed by atoms with E-state index in [0.717, 1.165) is 18.2 Å². The maximum atomic E-state index is 15.0. The summed E-state index contributed by atoms with van der Waals surface area (Å²) in [6.07, 6.45) is -1.99. The number of nitrogens with one attached hydrogen (secondary N) is 1. The van der Waals surface area contributed by atoms with Crippen LogP contribution in [0.25, 0.3) is 0 Å². The Kier molecular flexibility index (Phi) is 6.16. The van der Waals surface area contributed by atoms with Crippen LogP contribution < -0.4 is 10.2 Å². The Bertz CT molecular complexity index is 1080. The summed E-state index contributed by atoms with van der Waals surface area (Å²) in [6.45, 7) is 1.66. The number of carbonyl (C=O) groups excluding carboxylic acids is 2. The molecule has 1 aliphatic carbocycles. The molecule has 1 aliphatic heterocycles. The van der Waals surface area contributed by atoms with Gasteiger partial charge in [0.05, 0.1) is 21.8 Å². The SMILES string of the molecule is CC1(F)C(=O)N(CC2CCC(NC(=O)c3cc(C(F)(F)F)ccc3Cl)CC2)c2ccccc21. The molecule has 33 heavy (non-hydrogen) atoms.